The minimum absolute atomic E-state index is 0.129. The van der Waals surface area contributed by atoms with E-state index in [-0.39, 0.29) is 18.4 Å². The summed E-state index contributed by atoms with van der Waals surface area (Å²) < 4.78 is 53.4. The molecular weight excluding hydrogens is 314 g/mol. The van der Waals surface area contributed by atoms with Crippen LogP contribution in [-0.2, 0) is 4.79 Å². The molecule has 0 bridgehead atoms. The van der Waals surface area contributed by atoms with Crippen molar-refractivity contribution in [3.63, 3.8) is 0 Å². The highest BCUT2D eigenvalue weighted by molar-refractivity contribution is 5.83. The van der Waals surface area contributed by atoms with Gasteiger partial charge >= 0.3 is 6.36 Å². The number of nitrogens with one attached hydrogen (secondary N) is 1. The maximum atomic E-state index is 13.6. The lowest BCUT2D eigenvalue weighted by molar-refractivity contribution is -0.275. The first-order valence-corrected chi connectivity index (χ1v) is 7.39. The predicted octanol–water partition coefficient (Wildman–Crippen LogP) is 4.42. The van der Waals surface area contributed by atoms with E-state index in [1.807, 2.05) is 27.7 Å². The van der Waals surface area contributed by atoms with Crippen molar-refractivity contribution in [3.8, 4) is 5.75 Å². The van der Waals surface area contributed by atoms with E-state index < -0.39 is 23.8 Å². The van der Waals surface area contributed by atoms with Crippen LogP contribution in [0.3, 0.4) is 0 Å². The number of hydrogen-bond acceptors (Lipinski definition) is 3. The molecule has 0 heterocycles. The summed E-state index contributed by atoms with van der Waals surface area (Å²) in [6, 6.07) is 3.17. The molecular formula is C16H23F4NO2. The third kappa shape index (κ3) is 7.97. The summed E-state index contributed by atoms with van der Waals surface area (Å²) in [5, 5.41) is 3.04. The number of Topliss-reactive ketones (excluding diaryl/α,β-unsaturated/α-hetero) is 1. The van der Waals surface area contributed by atoms with Gasteiger partial charge in [0.05, 0.1) is 5.92 Å². The van der Waals surface area contributed by atoms with Gasteiger partial charge in [-0.2, -0.15) is 0 Å². The molecule has 0 saturated heterocycles. The number of benzene rings is 1. The Labute approximate surface area is 134 Å². The monoisotopic (exact) mass is 337 g/mol. The summed E-state index contributed by atoms with van der Waals surface area (Å²) in [5.41, 5.74) is 0.308. The largest absolute Gasteiger partial charge is 0.573 e. The summed E-state index contributed by atoms with van der Waals surface area (Å²) in [4.78, 5) is 11.6. The van der Waals surface area contributed by atoms with Crippen molar-refractivity contribution in [1.29, 1.82) is 0 Å². The summed E-state index contributed by atoms with van der Waals surface area (Å²) in [5.74, 6) is -2.89. The molecule has 3 nitrogen and oxygen atoms in total. The molecule has 23 heavy (non-hydrogen) atoms. The van der Waals surface area contributed by atoms with Gasteiger partial charge in [-0.3, -0.25) is 4.79 Å². The van der Waals surface area contributed by atoms with Crippen LogP contribution in [0.4, 0.5) is 17.6 Å². The summed E-state index contributed by atoms with van der Waals surface area (Å²) in [6.45, 7) is 9.41. The zero-order chi connectivity index (χ0) is 18.2. The molecule has 0 fully saturated rings. The molecule has 0 aliphatic heterocycles. The number of ether oxygens (including phenoxy) is 1. The predicted molar refractivity (Wildman–Crippen MR) is 81.0 cm³/mol. The maximum Gasteiger partial charge on any atom is 0.573 e. The Bertz CT molecular complexity index is 501. The van der Waals surface area contributed by atoms with E-state index in [1.165, 1.54) is 13.0 Å². The first kappa shape index (κ1) is 21.4. The van der Waals surface area contributed by atoms with E-state index in [0.717, 1.165) is 12.1 Å². The van der Waals surface area contributed by atoms with Crippen LogP contribution >= 0.6 is 0 Å². The van der Waals surface area contributed by atoms with Gasteiger partial charge in [0.2, 0.25) is 0 Å². The van der Waals surface area contributed by atoms with Crippen LogP contribution in [-0.4, -0.2) is 24.7 Å². The van der Waals surface area contributed by atoms with Gasteiger partial charge in [0.25, 0.3) is 0 Å². The standard InChI is InChI=1S/C14H17F4NO2.C2H6/c1-8(2)19-7-11(9(3)20)10-4-5-13(12(15)6-10)21-14(16,17)18;1-2/h4-6,8,11,19H,7H2,1-3H3;1-2H3. The number of hydrogen-bond donors (Lipinski definition) is 1. The van der Waals surface area contributed by atoms with Gasteiger partial charge in [-0.05, 0) is 24.6 Å². The van der Waals surface area contributed by atoms with Gasteiger partial charge in [-0.15, -0.1) is 13.2 Å². The highest BCUT2D eigenvalue weighted by Crippen LogP contribution is 2.28. The SMILES string of the molecule is CC.CC(=O)C(CNC(C)C)c1ccc(OC(F)(F)F)c(F)c1. The Morgan fingerprint density at radius 2 is 1.83 bits per heavy atom. The lowest BCUT2D eigenvalue weighted by Crippen LogP contribution is -2.30. The van der Waals surface area contributed by atoms with E-state index in [4.69, 9.17) is 0 Å². The third-order valence-corrected chi connectivity index (χ3v) is 2.80. The van der Waals surface area contributed by atoms with Crippen molar-refractivity contribution < 1.29 is 27.1 Å². The smallest absolute Gasteiger partial charge is 0.403 e. The van der Waals surface area contributed by atoms with Crippen LogP contribution in [0.1, 0.15) is 46.1 Å². The van der Waals surface area contributed by atoms with Crippen molar-refractivity contribution in [2.24, 2.45) is 0 Å². The summed E-state index contributed by atoms with van der Waals surface area (Å²) >= 11 is 0. The van der Waals surface area contributed by atoms with Crippen molar-refractivity contribution in [1.82, 2.24) is 5.32 Å². The number of carbonyl (C=O) groups is 1. The fraction of sp³-hybridized carbons (Fsp3) is 0.562. The molecule has 0 aliphatic rings. The fourth-order valence-electron chi connectivity index (χ4n) is 1.79. The molecule has 1 unspecified atom stereocenters. The van der Waals surface area contributed by atoms with Crippen molar-refractivity contribution in [3.05, 3.63) is 29.6 Å². The van der Waals surface area contributed by atoms with Gasteiger partial charge in [-0.25, -0.2) is 4.39 Å². The van der Waals surface area contributed by atoms with Crippen LogP contribution in [0.5, 0.6) is 5.75 Å². The van der Waals surface area contributed by atoms with Gasteiger partial charge in [0.1, 0.15) is 5.78 Å². The van der Waals surface area contributed by atoms with Crippen molar-refractivity contribution >= 4 is 5.78 Å². The molecule has 132 valence electrons. The number of rotatable bonds is 6. The third-order valence-electron chi connectivity index (χ3n) is 2.80. The molecule has 1 atom stereocenters. The molecule has 0 aromatic heterocycles. The number of alkyl halides is 3. The molecule has 0 radical (unpaired) electrons. The van der Waals surface area contributed by atoms with Crippen LogP contribution in [0.15, 0.2) is 18.2 Å². The average Bonchev–Trinajstić information content (AvgIpc) is 2.42. The average molecular weight is 337 g/mol. The quantitative estimate of drug-likeness (QED) is 0.781. The molecule has 7 heteroatoms. The second kappa shape index (κ2) is 9.50. The van der Waals surface area contributed by atoms with Crippen LogP contribution in [0.2, 0.25) is 0 Å². The molecule has 0 aliphatic carbocycles. The number of ketones is 1. The van der Waals surface area contributed by atoms with Crippen LogP contribution in [0.25, 0.3) is 0 Å². The Kier molecular flexibility index (Phi) is 8.82. The lowest BCUT2D eigenvalue weighted by atomic mass is 9.95. The maximum absolute atomic E-state index is 13.6. The van der Waals surface area contributed by atoms with Crippen molar-refractivity contribution in [2.75, 3.05) is 6.54 Å². The summed E-state index contributed by atoms with van der Waals surface area (Å²) in [7, 11) is 0. The number of carbonyl (C=O) groups excluding carboxylic acids is 1. The van der Waals surface area contributed by atoms with E-state index >= 15 is 0 Å². The van der Waals surface area contributed by atoms with Crippen molar-refractivity contribution in [2.45, 2.75) is 52.9 Å². The van der Waals surface area contributed by atoms with E-state index in [9.17, 15) is 22.4 Å². The molecule has 0 amide bonds. The highest BCUT2D eigenvalue weighted by Gasteiger charge is 2.32. The number of halogens is 4. The van der Waals surface area contributed by atoms with Gasteiger partial charge in [-0.1, -0.05) is 33.8 Å². The molecule has 0 saturated carbocycles. The molecule has 1 N–H and O–H groups in total. The minimum Gasteiger partial charge on any atom is -0.403 e. The Morgan fingerprint density at radius 3 is 2.22 bits per heavy atom. The summed E-state index contributed by atoms with van der Waals surface area (Å²) in [6.07, 6.45) is -4.96. The first-order valence-electron chi connectivity index (χ1n) is 7.39. The second-order valence-corrected chi connectivity index (χ2v) is 4.96. The topological polar surface area (TPSA) is 38.3 Å². The lowest BCUT2D eigenvalue weighted by Gasteiger charge is -2.18. The highest BCUT2D eigenvalue weighted by atomic mass is 19.4. The van der Waals surface area contributed by atoms with E-state index in [1.54, 1.807) is 0 Å². The molecule has 0 spiro atoms. The zero-order valence-corrected chi connectivity index (χ0v) is 13.9. The Morgan fingerprint density at radius 1 is 1.26 bits per heavy atom. The fourth-order valence-corrected chi connectivity index (χ4v) is 1.79. The normalized spacial score (nSPS) is 12.4. The van der Waals surface area contributed by atoms with E-state index in [0.29, 0.717) is 5.56 Å². The Balaban J connectivity index is 0.00000232. The van der Waals surface area contributed by atoms with Gasteiger partial charge < -0.3 is 10.1 Å². The van der Waals surface area contributed by atoms with Crippen LogP contribution < -0.4 is 10.1 Å². The zero-order valence-electron chi connectivity index (χ0n) is 13.9. The Hall–Kier alpha value is -1.63. The van der Waals surface area contributed by atoms with E-state index in [2.05, 4.69) is 10.1 Å². The molecule has 1 aromatic carbocycles. The molecule has 1 aromatic rings. The van der Waals surface area contributed by atoms with Gasteiger partial charge in [0.15, 0.2) is 11.6 Å². The molecule has 1 rings (SSSR count). The second-order valence-electron chi connectivity index (χ2n) is 4.96. The van der Waals surface area contributed by atoms with Gasteiger partial charge in [0, 0.05) is 12.6 Å². The minimum atomic E-state index is -4.96. The van der Waals surface area contributed by atoms with Crippen LogP contribution in [0, 0.1) is 5.82 Å². The first-order chi connectivity index (χ1) is 10.6.